The normalized spacial score (nSPS) is 8.82. The summed E-state index contributed by atoms with van der Waals surface area (Å²) in [7, 11) is 0.380. The molecule has 1 aromatic carbocycles. The van der Waals surface area contributed by atoms with E-state index in [4.69, 9.17) is 11.6 Å². The summed E-state index contributed by atoms with van der Waals surface area (Å²) >= 11 is 5.54. The first-order chi connectivity index (χ1) is 5.13. The molecule has 0 amide bonds. The molecule has 0 radical (unpaired) electrons. The van der Waals surface area contributed by atoms with Crippen LogP contribution in [0, 0.1) is 0 Å². The van der Waals surface area contributed by atoms with Crippen LogP contribution in [0.15, 0.2) is 30.3 Å². The maximum Gasteiger partial charge on any atom is 0.0405 e. The Morgan fingerprint density at radius 2 is 1.36 bits per heavy atom. The average Bonchev–Trinajstić information content (AvgIpc) is 1.87. The summed E-state index contributed by atoms with van der Waals surface area (Å²) in [5, 5.41) is 0.794. The van der Waals surface area contributed by atoms with Crippen molar-refractivity contribution in [3.8, 4) is 0 Å². The Morgan fingerprint density at radius 3 is 1.55 bits per heavy atom. The van der Waals surface area contributed by atoms with Gasteiger partial charge in [-0.1, -0.05) is 29.8 Å². The van der Waals surface area contributed by atoms with Crippen molar-refractivity contribution in [3.05, 3.63) is 35.4 Å². The monoisotopic (exact) mass is 188 g/mol. The fourth-order valence-corrected chi connectivity index (χ4v) is 0.560. The van der Waals surface area contributed by atoms with E-state index in [0.29, 0.717) is 7.92 Å². The largest absolute Gasteiger partial charge is 0.116 e. The molecule has 0 N–H and O–H groups in total. The lowest BCUT2D eigenvalue weighted by Gasteiger charge is -1.81. The SMILES string of the molecule is CP(C)C.Clc1ccccc1. The van der Waals surface area contributed by atoms with E-state index in [1.807, 2.05) is 30.3 Å². The minimum Gasteiger partial charge on any atom is -0.116 e. The van der Waals surface area contributed by atoms with Crippen LogP contribution in [0.4, 0.5) is 0 Å². The van der Waals surface area contributed by atoms with E-state index in [-0.39, 0.29) is 0 Å². The number of hydrogen-bond donors (Lipinski definition) is 0. The maximum atomic E-state index is 5.54. The highest BCUT2D eigenvalue weighted by molar-refractivity contribution is 7.55. The lowest BCUT2D eigenvalue weighted by molar-refractivity contribution is 1.71. The molecule has 62 valence electrons. The van der Waals surface area contributed by atoms with Crippen LogP contribution in [0.1, 0.15) is 0 Å². The van der Waals surface area contributed by atoms with Crippen LogP contribution < -0.4 is 0 Å². The molecular weight excluding hydrogens is 175 g/mol. The zero-order valence-corrected chi connectivity index (χ0v) is 8.86. The molecule has 1 aromatic rings. The molecule has 0 atom stereocenters. The standard InChI is InChI=1S/C6H5Cl.C3H9P/c7-6-4-2-1-3-5-6;1-4(2)3/h1-5H;1-3H3. The van der Waals surface area contributed by atoms with Crippen LogP contribution in [-0.4, -0.2) is 20.0 Å². The van der Waals surface area contributed by atoms with E-state index in [9.17, 15) is 0 Å². The molecule has 1 rings (SSSR count). The Morgan fingerprint density at radius 1 is 1.00 bits per heavy atom. The molecule has 0 nitrogen and oxygen atoms in total. The first-order valence-corrected chi connectivity index (χ1v) is 6.50. The van der Waals surface area contributed by atoms with Gasteiger partial charge in [0.1, 0.15) is 0 Å². The van der Waals surface area contributed by atoms with Crippen LogP contribution in [0.5, 0.6) is 0 Å². The van der Waals surface area contributed by atoms with Gasteiger partial charge in [-0.15, -0.1) is 7.92 Å². The number of halogens is 1. The van der Waals surface area contributed by atoms with E-state index in [1.54, 1.807) is 0 Å². The Labute approximate surface area is 75.3 Å². The van der Waals surface area contributed by atoms with Gasteiger partial charge in [-0.2, -0.15) is 0 Å². The van der Waals surface area contributed by atoms with Crippen molar-refractivity contribution in [3.63, 3.8) is 0 Å². The van der Waals surface area contributed by atoms with Gasteiger partial charge in [0.05, 0.1) is 0 Å². The summed E-state index contributed by atoms with van der Waals surface area (Å²) in [6, 6.07) is 9.44. The fraction of sp³-hybridized carbons (Fsp3) is 0.333. The molecule has 0 unspecified atom stereocenters. The van der Waals surface area contributed by atoms with Gasteiger partial charge in [-0.05, 0) is 32.1 Å². The van der Waals surface area contributed by atoms with Crippen LogP contribution in [0.2, 0.25) is 5.02 Å². The molecule has 0 aliphatic carbocycles. The first-order valence-electron chi connectivity index (χ1n) is 3.44. The molecule has 0 aliphatic heterocycles. The average molecular weight is 189 g/mol. The van der Waals surface area contributed by atoms with Crippen molar-refractivity contribution < 1.29 is 0 Å². The van der Waals surface area contributed by atoms with Crippen molar-refractivity contribution >= 4 is 19.5 Å². The third kappa shape index (κ3) is 9.94. The zero-order chi connectivity index (χ0) is 8.69. The molecule has 0 bridgehead atoms. The molecule has 0 spiro atoms. The summed E-state index contributed by atoms with van der Waals surface area (Å²) in [5.41, 5.74) is 0. The zero-order valence-electron chi connectivity index (χ0n) is 7.21. The Bertz CT molecular complexity index is 169. The summed E-state index contributed by atoms with van der Waals surface area (Å²) in [5.74, 6) is 0. The van der Waals surface area contributed by atoms with Crippen LogP contribution in [-0.2, 0) is 0 Å². The maximum absolute atomic E-state index is 5.54. The summed E-state index contributed by atoms with van der Waals surface area (Å²) < 4.78 is 0. The van der Waals surface area contributed by atoms with Crippen molar-refractivity contribution in [1.29, 1.82) is 0 Å². The third-order valence-corrected chi connectivity index (χ3v) is 0.985. The first kappa shape index (κ1) is 10.9. The van der Waals surface area contributed by atoms with Crippen LogP contribution in [0.25, 0.3) is 0 Å². The van der Waals surface area contributed by atoms with Gasteiger partial charge in [0.2, 0.25) is 0 Å². The highest BCUT2D eigenvalue weighted by atomic mass is 35.5. The summed E-state index contributed by atoms with van der Waals surface area (Å²) in [4.78, 5) is 0. The van der Waals surface area contributed by atoms with E-state index >= 15 is 0 Å². The Kier molecular flexibility index (Phi) is 6.60. The van der Waals surface area contributed by atoms with Gasteiger partial charge in [-0.25, -0.2) is 0 Å². The van der Waals surface area contributed by atoms with Crippen LogP contribution >= 0.6 is 19.5 Å². The van der Waals surface area contributed by atoms with E-state index < -0.39 is 0 Å². The molecule has 0 heterocycles. The van der Waals surface area contributed by atoms with Crippen molar-refractivity contribution in [2.45, 2.75) is 0 Å². The fourth-order valence-electron chi connectivity index (χ4n) is 0.415. The molecule has 2 heteroatoms. The molecule has 11 heavy (non-hydrogen) atoms. The van der Waals surface area contributed by atoms with Gasteiger partial charge in [0, 0.05) is 5.02 Å². The Hall–Kier alpha value is -0.0600. The van der Waals surface area contributed by atoms with Gasteiger partial charge in [0.15, 0.2) is 0 Å². The minimum absolute atomic E-state index is 0.380. The lowest BCUT2D eigenvalue weighted by atomic mass is 10.4. The smallest absolute Gasteiger partial charge is 0.0405 e. The molecular formula is C9H14ClP. The Balaban J connectivity index is 0.000000218. The van der Waals surface area contributed by atoms with Crippen molar-refractivity contribution in [2.24, 2.45) is 0 Å². The lowest BCUT2D eigenvalue weighted by Crippen LogP contribution is -1.55. The van der Waals surface area contributed by atoms with Gasteiger partial charge in [0.25, 0.3) is 0 Å². The second-order valence-electron chi connectivity index (χ2n) is 2.64. The van der Waals surface area contributed by atoms with Gasteiger partial charge < -0.3 is 0 Å². The second kappa shape index (κ2) is 6.64. The van der Waals surface area contributed by atoms with Crippen molar-refractivity contribution in [1.82, 2.24) is 0 Å². The summed E-state index contributed by atoms with van der Waals surface area (Å²) in [6.45, 7) is 6.69. The predicted molar refractivity (Wildman–Crippen MR) is 56.1 cm³/mol. The van der Waals surface area contributed by atoms with Crippen LogP contribution in [0.3, 0.4) is 0 Å². The molecule has 0 saturated carbocycles. The third-order valence-electron chi connectivity index (χ3n) is 0.733. The van der Waals surface area contributed by atoms with E-state index in [2.05, 4.69) is 20.0 Å². The highest BCUT2D eigenvalue weighted by Gasteiger charge is 1.74. The van der Waals surface area contributed by atoms with E-state index in [0.717, 1.165) is 5.02 Å². The van der Waals surface area contributed by atoms with Gasteiger partial charge >= 0.3 is 0 Å². The van der Waals surface area contributed by atoms with Gasteiger partial charge in [-0.3, -0.25) is 0 Å². The topological polar surface area (TPSA) is 0 Å². The summed E-state index contributed by atoms with van der Waals surface area (Å²) in [6.07, 6.45) is 0. The quantitative estimate of drug-likeness (QED) is 0.545. The van der Waals surface area contributed by atoms with E-state index in [1.165, 1.54) is 0 Å². The number of rotatable bonds is 0. The molecule has 0 fully saturated rings. The number of benzene rings is 1. The predicted octanol–water partition coefficient (Wildman–Crippen LogP) is 3.70. The minimum atomic E-state index is 0.380. The highest BCUT2D eigenvalue weighted by Crippen LogP contribution is 2.14. The van der Waals surface area contributed by atoms with Crippen molar-refractivity contribution in [2.75, 3.05) is 20.0 Å². The molecule has 0 saturated heterocycles. The number of hydrogen-bond acceptors (Lipinski definition) is 0. The molecule has 0 aromatic heterocycles. The molecule has 0 aliphatic rings. The second-order valence-corrected chi connectivity index (χ2v) is 5.76.